The molecular formula is C55H70ClN5O13S. The minimum Gasteiger partial charge on any atom is -0.483 e. The Hall–Kier alpha value is -6.03. The Morgan fingerprint density at radius 2 is 1.61 bits per heavy atom. The van der Waals surface area contributed by atoms with Crippen molar-refractivity contribution in [3.05, 3.63) is 111 Å². The standard InChI is InChI=1S/C33H41N3O7.C21H25ClN2O5S.CH4O/c1-3-7-24-8-4-11-26(22-24)35-29(37)15-17-42-19-21-43-20-18-41-16-6-10-25-9-5-12-27-30(25)33(40)36(32(27)39)28-14-13-23(2)34-31(28)38;1-21(2)12-15(7-8-24(21)28-3)23-14-6-4-5-13(11-14)18-16(22)17(29-10-9-25)19(30-18)20(26)27;1-2/h4-5,8-9,11-12,22,28H,2-3,6-7,10,13-21H2,1H3,(H,34,38)(H,35,37);4-6,9,11,15,23H,7-8,10,12H2,1-3H3,(H,26,27);2H,1H3/t;15-;/m.0./s1. The van der Waals surface area contributed by atoms with E-state index in [4.69, 9.17) is 40.5 Å². The average molecular weight is 1080 g/mol. The number of benzene rings is 3. The van der Waals surface area contributed by atoms with E-state index in [1.165, 1.54) is 5.56 Å². The van der Waals surface area contributed by atoms with Crippen molar-refractivity contribution in [2.45, 2.75) is 96.2 Å². The van der Waals surface area contributed by atoms with Gasteiger partial charge in [0.15, 0.2) is 16.9 Å². The van der Waals surface area contributed by atoms with E-state index >= 15 is 0 Å². The van der Waals surface area contributed by atoms with Crippen LogP contribution in [0.15, 0.2) is 79.0 Å². The predicted molar refractivity (Wildman–Crippen MR) is 288 cm³/mol. The topological polar surface area (TPSA) is 232 Å². The third-order valence-corrected chi connectivity index (χ3v) is 14.2. The van der Waals surface area contributed by atoms with E-state index in [9.17, 15) is 33.9 Å². The fourth-order valence-corrected chi connectivity index (χ4v) is 10.5. The molecule has 75 heavy (non-hydrogen) atoms. The van der Waals surface area contributed by atoms with Crippen molar-refractivity contribution in [1.82, 2.24) is 15.3 Å². The molecule has 4 amide bonds. The van der Waals surface area contributed by atoms with Crippen LogP contribution in [0.4, 0.5) is 11.4 Å². The lowest BCUT2D eigenvalue weighted by molar-refractivity contribution is -0.207. The van der Waals surface area contributed by atoms with Crippen molar-refractivity contribution < 1.29 is 62.8 Å². The summed E-state index contributed by atoms with van der Waals surface area (Å²) in [6.45, 7) is 13.2. The summed E-state index contributed by atoms with van der Waals surface area (Å²) < 4.78 is 22.0. The number of imide groups is 1. The molecule has 3 aromatic carbocycles. The minimum absolute atomic E-state index is 0.0242. The number of piperidine rings is 2. The second-order valence-corrected chi connectivity index (χ2v) is 19.8. The van der Waals surface area contributed by atoms with Gasteiger partial charge in [-0.15, -0.1) is 11.3 Å². The molecule has 0 spiro atoms. The Balaban J connectivity index is 0.000000285. The lowest BCUT2D eigenvalue weighted by Gasteiger charge is -2.44. The SMILES string of the molecule is C=C1CCC(N2C(=O)c3cccc(CCCOCCOCCOCCC(=O)Nc4cccc(CCC)c4)c3C2=O)C(=O)N1.CO.CON1CC[C@H](Nc2cccc(-c3sc(C(=O)O)c(OCC=O)c3Cl)c2)CC1(C)C. The molecule has 20 heteroatoms. The van der Waals surface area contributed by atoms with Gasteiger partial charge in [0.25, 0.3) is 11.8 Å². The zero-order valence-corrected chi connectivity index (χ0v) is 44.9. The fraction of sp³-hybridized carbons (Fsp3) is 0.455. The van der Waals surface area contributed by atoms with E-state index in [1.807, 2.05) is 53.6 Å². The molecule has 0 bridgehead atoms. The van der Waals surface area contributed by atoms with Crippen LogP contribution in [0.1, 0.15) is 107 Å². The van der Waals surface area contributed by atoms with Gasteiger partial charge in [-0.2, -0.15) is 5.06 Å². The van der Waals surface area contributed by atoms with Crippen molar-refractivity contribution in [2.75, 3.05) is 77.6 Å². The number of carbonyl (C=O) groups is 6. The first-order valence-electron chi connectivity index (χ1n) is 25.0. The largest absolute Gasteiger partial charge is 0.483 e. The van der Waals surface area contributed by atoms with E-state index in [-0.39, 0.29) is 52.1 Å². The van der Waals surface area contributed by atoms with Crippen molar-refractivity contribution in [2.24, 2.45) is 0 Å². The number of ether oxygens (including phenoxy) is 4. The van der Waals surface area contributed by atoms with Gasteiger partial charge in [0, 0.05) is 48.9 Å². The van der Waals surface area contributed by atoms with Gasteiger partial charge in [0.05, 0.1) is 62.6 Å². The Morgan fingerprint density at radius 1 is 0.920 bits per heavy atom. The normalized spacial score (nSPS) is 17.0. The summed E-state index contributed by atoms with van der Waals surface area (Å²) in [6.07, 6.45) is 6.85. The molecule has 4 aromatic rings. The summed E-state index contributed by atoms with van der Waals surface area (Å²) in [7, 11) is 2.70. The second-order valence-electron chi connectivity index (χ2n) is 18.4. The highest BCUT2D eigenvalue weighted by atomic mass is 35.5. The maximum atomic E-state index is 13.2. The van der Waals surface area contributed by atoms with Gasteiger partial charge >= 0.3 is 5.97 Å². The number of hydrogen-bond acceptors (Lipinski definition) is 15. The predicted octanol–water partition coefficient (Wildman–Crippen LogP) is 8.21. The van der Waals surface area contributed by atoms with Crippen LogP contribution in [-0.4, -0.2) is 141 Å². The number of anilines is 2. The lowest BCUT2D eigenvalue weighted by atomic mass is 9.88. The smallest absolute Gasteiger partial charge is 0.349 e. The first-order chi connectivity index (χ1) is 36.1. The Labute approximate surface area is 447 Å². The molecule has 3 aliphatic rings. The average Bonchev–Trinajstić information content (AvgIpc) is 3.86. The fourth-order valence-electron chi connectivity index (χ4n) is 9.06. The van der Waals surface area contributed by atoms with Crippen molar-refractivity contribution >= 4 is 70.2 Å². The Bertz CT molecular complexity index is 2610. The van der Waals surface area contributed by atoms with E-state index in [1.54, 1.807) is 19.2 Å². The van der Waals surface area contributed by atoms with Crippen molar-refractivity contribution in [3.8, 4) is 16.2 Å². The van der Waals surface area contributed by atoms with E-state index in [0.29, 0.717) is 93.3 Å². The maximum absolute atomic E-state index is 13.2. The first-order valence-corrected chi connectivity index (χ1v) is 26.2. The number of hydrogen-bond donors (Lipinski definition) is 5. The van der Waals surface area contributed by atoms with Crippen LogP contribution in [0, 0.1) is 0 Å². The van der Waals surface area contributed by atoms with Gasteiger partial charge in [0.1, 0.15) is 17.7 Å². The summed E-state index contributed by atoms with van der Waals surface area (Å²) >= 11 is 7.46. The molecule has 18 nitrogen and oxygen atoms in total. The number of rotatable bonds is 25. The molecular weight excluding hydrogens is 1010 g/mol. The van der Waals surface area contributed by atoms with Crippen molar-refractivity contribution in [1.29, 1.82) is 0 Å². The third kappa shape index (κ3) is 16.7. The molecule has 0 aliphatic carbocycles. The van der Waals surface area contributed by atoms with E-state index in [2.05, 4.69) is 49.4 Å². The highest BCUT2D eigenvalue weighted by Crippen LogP contribution is 2.46. The van der Waals surface area contributed by atoms with Crippen LogP contribution in [0.5, 0.6) is 5.75 Å². The van der Waals surface area contributed by atoms with Gasteiger partial charge in [0.2, 0.25) is 11.8 Å². The minimum atomic E-state index is -1.14. The van der Waals surface area contributed by atoms with Gasteiger partial charge in [-0.3, -0.25) is 28.9 Å². The van der Waals surface area contributed by atoms with Crippen LogP contribution in [-0.2, 0) is 46.3 Å². The number of nitrogens with one attached hydrogen (secondary N) is 3. The molecule has 2 fully saturated rings. The number of thiophene rings is 1. The van der Waals surface area contributed by atoms with E-state index < -0.39 is 23.8 Å². The highest BCUT2D eigenvalue weighted by Gasteiger charge is 2.45. The molecule has 0 radical (unpaired) electrons. The lowest BCUT2D eigenvalue weighted by Crippen LogP contribution is -2.52. The van der Waals surface area contributed by atoms with Crippen molar-refractivity contribution in [3.63, 3.8) is 0 Å². The molecule has 7 rings (SSSR count). The highest BCUT2D eigenvalue weighted by molar-refractivity contribution is 7.18. The zero-order chi connectivity index (χ0) is 54.5. The number of carboxylic acid groups (broad SMARTS) is 1. The number of allylic oxidation sites excluding steroid dienone is 1. The zero-order valence-electron chi connectivity index (χ0n) is 43.4. The van der Waals surface area contributed by atoms with E-state index in [0.717, 1.165) is 78.1 Å². The number of aliphatic hydroxyl groups excluding tert-OH is 1. The number of aldehydes is 1. The van der Waals surface area contributed by atoms with Gasteiger partial charge < -0.3 is 49.9 Å². The number of carbonyl (C=O) groups excluding carboxylic acids is 5. The molecule has 3 aliphatic heterocycles. The number of aliphatic hydroxyl groups is 1. The van der Waals surface area contributed by atoms with Crippen LogP contribution in [0.2, 0.25) is 5.02 Å². The molecule has 2 saturated heterocycles. The summed E-state index contributed by atoms with van der Waals surface area (Å²) in [5.41, 5.74) is 5.73. The summed E-state index contributed by atoms with van der Waals surface area (Å²) in [6, 6.07) is 20.3. The maximum Gasteiger partial charge on any atom is 0.349 e. The number of halogens is 1. The number of nitrogens with zero attached hydrogens (tertiary/aromatic N) is 2. The van der Waals surface area contributed by atoms with Gasteiger partial charge in [-0.1, -0.05) is 67.9 Å². The first kappa shape index (κ1) is 59.8. The summed E-state index contributed by atoms with van der Waals surface area (Å²) in [5, 5.41) is 27.8. The third-order valence-electron chi connectivity index (χ3n) is 12.5. The monoisotopic (exact) mass is 1080 g/mol. The molecule has 5 N–H and O–H groups in total. The number of aromatic carboxylic acids is 1. The Kier molecular flexibility index (Phi) is 23.9. The second kappa shape index (κ2) is 29.9. The number of carboxylic acids is 1. The number of fused-ring (bicyclic) bond motifs is 1. The van der Waals surface area contributed by atoms with Crippen LogP contribution < -0.4 is 20.7 Å². The Morgan fingerprint density at radius 3 is 2.29 bits per heavy atom. The molecule has 406 valence electrons. The van der Waals surface area contributed by atoms with Crippen LogP contribution >= 0.6 is 22.9 Å². The molecule has 4 heterocycles. The molecule has 1 aromatic heterocycles. The molecule has 1 unspecified atom stereocenters. The molecule has 0 saturated carbocycles. The van der Waals surface area contributed by atoms with Gasteiger partial charge in [-0.25, -0.2) is 4.79 Å². The summed E-state index contributed by atoms with van der Waals surface area (Å²) in [5.74, 6) is -2.42. The van der Waals surface area contributed by atoms with Crippen LogP contribution in [0.25, 0.3) is 10.4 Å². The summed E-state index contributed by atoms with van der Waals surface area (Å²) in [4.78, 5) is 80.1. The molecule has 2 atom stereocenters. The quantitative estimate of drug-likeness (QED) is 0.0239. The number of aryl methyl sites for hydroxylation is 2. The van der Waals surface area contributed by atoms with Gasteiger partial charge in [-0.05, 0) is 106 Å². The number of amides is 4. The number of hydroxylamine groups is 2. The van der Waals surface area contributed by atoms with Crippen LogP contribution in [0.3, 0.4) is 0 Å².